The fourth-order valence-corrected chi connectivity index (χ4v) is 3.85. The second-order valence-corrected chi connectivity index (χ2v) is 7.25. The molecule has 1 aliphatic rings. The number of carbonyl (C=O) groups excluding carboxylic acids is 1. The first-order valence-electron chi connectivity index (χ1n) is 9.47. The predicted molar refractivity (Wildman–Crippen MR) is 105 cm³/mol. The molecule has 138 valence electrons. The fourth-order valence-electron chi connectivity index (χ4n) is 3.85. The van der Waals surface area contributed by atoms with Crippen molar-refractivity contribution in [3.63, 3.8) is 0 Å². The number of benzene rings is 1. The molecule has 2 heterocycles. The van der Waals surface area contributed by atoms with Crippen LogP contribution in [0.1, 0.15) is 59.7 Å². The number of piperidine rings is 1. The summed E-state index contributed by atoms with van der Waals surface area (Å²) < 4.78 is 0. The van der Waals surface area contributed by atoms with E-state index in [1.165, 1.54) is 12.0 Å². The summed E-state index contributed by atoms with van der Waals surface area (Å²) >= 11 is 0. The van der Waals surface area contributed by atoms with Crippen molar-refractivity contribution in [2.24, 2.45) is 0 Å². The number of aryl methyl sites for hydroxylation is 3. The van der Waals surface area contributed by atoms with Crippen molar-refractivity contribution >= 4 is 17.5 Å². The minimum atomic E-state index is 0.0470. The smallest absolute Gasteiger partial charge is 0.257 e. The SMILES string of the molecule is CCC1CCCCN1C(=O)c1cnc(Nc2c(C)cc(C)cc2C)nc1. The van der Waals surface area contributed by atoms with Crippen molar-refractivity contribution in [2.45, 2.75) is 59.4 Å². The van der Waals surface area contributed by atoms with Gasteiger partial charge in [0.2, 0.25) is 5.95 Å². The highest BCUT2D eigenvalue weighted by Gasteiger charge is 2.26. The summed E-state index contributed by atoms with van der Waals surface area (Å²) in [5.74, 6) is 0.563. The molecule has 0 spiro atoms. The van der Waals surface area contributed by atoms with E-state index in [1.807, 2.05) is 4.90 Å². The van der Waals surface area contributed by atoms with E-state index >= 15 is 0 Å². The van der Waals surface area contributed by atoms with Gasteiger partial charge in [-0.3, -0.25) is 4.79 Å². The first-order chi connectivity index (χ1) is 12.5. The van der Waals surface area contributed by atoms with Gasteiger partial charge >= 0.3 is 0 Å². The van der Waals surface area contributed by atoms with E-state index < -0.39 is 0 Å². The van der Waals surface area contributed by atoms with Gasteiger partial charge in [0.15, 0.2) is 0 Å². The van der Waals surface area contributed by atoms with Crippen molar-refractivity contribution < 1.29 is 4.79 Å². The molecule has 1 unspecified atom stereocenters. The second-order valence-electron chi connectivity index (χ2n) is 7.25. The van der Waals surface area contributed by atoms with Crippen LogP contribution in [0, 0.1) is 20.8 Å². The first kappa shape index (κ1) is 18.4. The third-order valence-electron chi connectivity index (χ3n) is 5.17. The van der Waals surface area contributed by atoms with Gasteiger partial charge in [-0.25, -0.2) is 9.97 Å². The summed E-state index contributed by atoms with van der Waals surface area (Å²) in [6.07, 6.45) is 7.65. The van der Waals surface area contributed by atoms with E-state index in [9.17, 15) is 4.79 Å². The van der Waals surface area contributed by atoms with Crippen molar-refractivity contribution in [3.8, 4) is 0 Å². The monoisotopic (exact) mass is 352 g/mol. The molecular formula is C21H28N4O. The molecule has 1 saturated heterocycles. The lowest BCUT2D eigenvalue weighted by Crippen LogP contribution is -2.43. The van der Waals surface area contributed by atoms with E-state index in [4.69, 9.17) is 0 Å². The number of likely N-dealkylation sites (tertiary alicyclic amines) is 1. The number of nitrogens with zero attached hydrogens (tertiary/aromatic N) is 3. The maximum Gasteiger partial charge on any atom is 0.257 e. The molecule has 1 aliphatic heterocycles. The van der Waals surface area contributed by atoms with Crippen molar-refractivity contribution in [1.29, 1.82) is 0 Å². The van der Waals surface area contributed by atoms with E-state index in [1.54, 1.807) is 12.4 Å². The van der Waals surface area contributed by atoms with Gasteiger partial charge in [-0.2, -0.15) is 0 Å². The number of hydrogen-bond donors (Lipinski definition) is 1. The van der Waals surface area contributed by atoms with E-state index in [0.717, 1.165) is 42.6 Å². The van der Waals surface area contributed by atoms with Crippen LogP contribution in [-0.2, 0) is 0 Å². The Kier molecular flexibility index (Phi) is 5.55. The highest BCUT2D eigenvalue weighted by molar-refractivity contribution is 5.94. The van der Waals surface area contributed by atoms with Gasteiger partial charge in [-0.15, -0.1) is 0 Å². The van der Waals surface area contributed by atoms with Crippen LogP contribution in [-0.4, -0.2) is 33.4 Å². The Morgan fingerprint density at radius 1 is 1.15 bits per heavy atom. The zero-order valence-corrected chi connectivity index (χ0v) is 16.2. The number of hydrogen-bond acceptors (Lipinski definition) is 4. The third kappa shape index (κ3) is 3.87. The van der Waals surface area contributed by atoms with Crippen LogP contribution < -0.4 is 5.32 Å². The fraction of sp³-hybridized carbons (Fsp3) is 0.476. The van der Waals surface area contributed by atoms with Gasteiger partial charge < -0.3 is 10.2 Å². The zero-order valence-electron chi connectivity index (χ0n) is 16.2. The largest absolute Gasteiger partial charge is 0.336 e. The Bertz CT molecular complexity index is 762. The third-order valence-corrected chi connectivity index (χ3v) is 5.17. The molecule has 26 heavy (non-hydrogen) atoms. The lowest BCUT2D eigenvalue weighted by atomic mass is 9.99. The number of rotatable bonds is 4. The lowest BCUT2D eigenvalue weighted by molar-refractivity contribution is 0.0607. The van der Waals surface area contributed by atoms with Crippen LogP contribution in [0.3, 0.4) is 0 Å². The molecule has 2 aromatic rings. The van der Waals surface area contributed by atoms with Crippen molar-refractivity contribution in [1.82, 2.24) is 14.9 Å². The van der Waals surface area contributed by atoms with Gasteiger partial charge in [0.05, 0.1) is 5.56 Å². The first-order valence-corrected chi connectivity index (χ1v) is 9.47. The zero-order chi connectivity index (χ0) is 18.7. The molecule has 1 aromatic heterocycles. The summed E-state index contributed by atoms with van der Waals surface area (Å²) in [4.78, 5) is 23.6. The van der Waals surface area contributed by atoms with E-state index in [2.05, 4.69) is 55.1 Å². The normalized spacial score (nSPS) is 17.2. The van der Waals surface area contributed by atoms with Crippen LogP contribution in [0.25, 0.3) is 0 Å². The minimum absolute atomic E-state index is 0.0470. The van der Waals surface area contributed by atoms with Gasteiger partial charge in [-0.1, -0.05) is 24.6 Å². The number of nitrogens with one attached hydrogen (secondary N) is 1. The molecule has 1 amide bonds. The Hall–Kier alpha value is -2.43. The quantitative estimate of drug-likeness (QED) is 0.877. The Balaban J connectivity index is 1.75. The maximum absolute atomic E-state index is 12.8. The average molecular weight is 352 g/mol. The van der Waals surface area contributed by atoms with Crippen LogP contribution in [0.2, 0.25) is 0 Å². The van der Waals surface area contributed by atoms with Gasteiger partial charge in [-0.05, 0) is 57.6 Å². The van der Waals surface area contributed by atoms with E-state index in [0.29, 0.717) is 17.6 Å². The number of carbonyl (C=O) groups is 1. The summed E-state index contributed by atoms with van der Waals surface area (Å²) in [6, 6.07) is 4.61. The van der Waals surface area contributed by atoms with Crippen LogP contribution >= 0.6 is 0 Å². The standard InChI is InChI=1S/C21H28N4O/c1-5-18-8-6-7-9-25(18)20(26)17-12-22-21(23-13-17)24-19-15(3)10-14(2)11-16(19)4/h10-13,18H,5-9H2,1-4H3,(H,22,23,24). The van der Waals surface area contributed by atoms with Gasteiger partial charge in [0.25, 0.3) is 5.91 Å². The molecule has 1 atom stereocenters. The minimum Gasteiger partial charge on any atom is -0.336 e. The topological polar surface area (TPSA) is 58.1 Å². The summed E-state index contributed by atoms with van der Waals surface area (Å²) in [5, 5.41) is 3.29. The van der Waals surface area contributed by atoms with Crippen molar-refractivity contribution in [3.05, 3.63) is 46.8 Å². The highest BCUT2D eigenvalue weighted by Crippen LogP contribution is 2.25. The van der Waals surface area contributed by atoms with E-state index in [-0.39, 0.29) is 5.91 Å². The predicted octanol–water partition coefficient (Wildman–Crippen LogP) is 4.55. The second kappa shape index (κ2) is 7.85. The molecule has 0 aliphatic carbocycles. The molecule has 1 fully saturated rings. The molecule has 0 radical (unpaired) electrons. The van der Waals surface area contributed by atoms with Crippen LogP contribution in [0.5, 0.6) is 0 Å². The van der Waals surface area contributed by atoms with Gasteiger partial charge in [0, 0.05) is 30.7 Å². The number of aromatic nitrogens is 2. The summed E-state index contributed by atoms with van der Waals surface area (Å²) in [5.41, 5.74) is 5.14. The van der Waals surface area contributed by atoms with Crippen LogP contribution in [0.4, 0.5) is 11.6 Å². The summed E-state index contributed by atoms with van der Waals surface area (Å²) in [7, 11) is 0. The molecule has 0 saturated carbocycles. The van der Waals surface area contributed by atoms with Gasteiger partial charge in [0.1, 0.15) is 0 Å². The molecule has 0 bridgehead atoms. The maximum atomic E-state index is 12.8. The number of anilines is 2. The molecule has 5 nitrogen and oxygen atoms in total. The molecule has 5 heteroatoms. The Morgan fingerprint density at radius 3 is 2.42 bits per heavy atom. The Labute approximate surface area is 155 Å². The lowest BCUT2D eigenvalue weighted by Gasteiger charge is -2.35. The molecular weight excluding hydrogens is 324 g/mol. The van der Waals surface area contributed by atoms with Crippen molar-refractivity contribution in [2.75, 3.05) is 11.9 Å². The molecule has 3 rings (SSSR count). The summed E-state index contributed by atoms with van der Waals surface area (Å²) in [6.45, 7) is 9.21. The highest BCUT2D eigenvalue weighted by atomic mass is 16.2. The average Bonchev–Trinajstić information content (AvgIpc) is 2.64. The molecule has 1 N–H and O–H groups in total. The molecule has 1 aromatic carbocycles. The Morgan fingerprint density at radius 2 is 1.81 bits per heavy atom. The number of amides is 1. The van der Waals surface area contributed by atoms with Crippen LogP contribution in [0.15, 0.2) is 24.5 Å².